The lowest BCUT2D eigenvalue weighted by Crippen LogP contribution is -2.38. The maximum absolute atomic E-state index is 12.6. The van der Waals surface area contributed by atoms with Crippen molar-refractivity contribution >= 4 is 29.9 Å². The first-order valence-electron chi connectivity index (χ1n) is 7.47. The van der Waals surface area contributed by atoms with Gasteiger partial charge in [-0.25, -0.2) is 0 Å². The van der Waals surface area contributed by atoms with Crippen molar-refractivity contribution in [1.82, 2.24) is 5.32 Å². The molecule has 1 amide bonds. The number of nitrogens with two attached hydrogens (primary N) is 1. The molecule has 1 atom stereocenters. The first kappa shape index (κ1) is 17.8. The van der Waals surface area contributed by atoms with Gasteiger partial charge >= 0.3 is 0 Å². The van der Waals surface area contributed by atoms with Gasteiger partial charge in [0.15, 0.2) is 0 Å². The van der Waals surface area contributed by atoms with E-state index in [1.54, 1.807) is 0 Å². The molecule has 2 aromatic carbocycles. The van der Waals surface area contributed by atoms with E-state index in [1.165, 1.54) is 0 Å². The second-order valence-electron chi connectivity index (χ2n) is 5.82. The lowest BCUT2D eigenvalue weighted by molar-refractivity contribution is -0.123. The molecule has 5 heteroatoms. The number of hydrogen-bond acceptors (Lipinski definition) is 2. The molecular formula is C18H20Cl2N2O. The number of rotatable bonds is 5. The van der Waals surface area contributed by atoms with Gasteiger partial charge in [-0.15, -0.1) is 12.4 Å². The first-order chi connectivity index (χ1) is 10.6. The Kier molecular flexibility index (Phi) is 5.69. The molecule has 1 aliphatic carbocycles. The Balaban J connectivity index is 0.00000192. The van der Waals surface area contributed by atoms with E-state index < -0.39 is 5.41 Å². The Bertz CT molecular complexity index is 672. The van der Waals surface area contributed by atoms with E-state index in [9.17, 15) is 4.79 Å². The molecule has 0 saturated heterocycles. The summed E-state index contributed by atoms with van der Waals surface area (Å²) in [6, 6.07) is 17.2. The minimum atomic E-state index is -0.415. The number of benzene rings is 2. The Morgan fingerprint density at radius 1 is 1.17 bits per heavy atom. The highest BCUT2D eigenvalue weighted by Crippen LogP contribution is 2.48. The Morgan fingerprint density at radius 3 is 2.48 bits per heavy atom. The smallest absolute Gasteiger partial charge is 0.230 e. The van der Waals surface area contributed by atoms with Crippen LogP contribution in [0.4, 0.5) is 0 Å². The fourth-order valence-corrected chi connectivity index (χ4v) is 2.94. The second-order valence-corrected chi connectivity index (χ2v) is 6.26. The molecule has 0 aromatic heterocycles. The number of nitrogens with one attached hydrogen (secondary N) is 1. The van der Waals surface area contributed by atoms with E-state index in [0.29, 0.717) is 11.6 Å². The lowest BCUT2D eigenvalue weighted by Gasteiger charge is -2.18. The summed E-state index contributed by atoms with van der Waals surface area (Å²) in [7, 11) is 0. The Morgan fingerprint density at radius 2 is 1.87 bits per heavy atom. The van der Waals surface area contributed by atoms with Gasteiger partial charge in [-0.3, -0.25) is 4.79 Å². The van der Waals surface area contributed by atoms with Crippen molar-refractivity contribution < 1.29 is 4.79 Å². The van der Waals surface area contributed by atoms with Crippen LogP contribution in [-0.4, -0.2) is 12.5 Å². The molecule has 23 heavy (non-hydrogen) atoms. The van der Waals surface area contributed by atoms with Crippen LogP contribution in [0, 0.1) is 0 Å². The topological polar surface area (TPSA) is 55.1 Å². The van der Waals surface area contributed by atoms with Crippen molar-refractivity contribution in [2.75, 3.05) is 6.54 Å². The molecule has 122 valence electrons. The molecule has 2 aromatic rings. The second kappa shape index (κ2) is 7.35. The monoisotopic (exact) mass is 350 g/mol. The molecule has 3 nitrogen and oxygen atoms in total. The average Bonchev–Trinajstić information content (AvgIpc) is 3.35. The van der Waals surface area contributed by atoms with Crippen LogP contribution in [0.1, 0.15) is 30.0 Å². The van der Waals surface area contributed by atoms with E-state index in [1.807, 2.05) is 54.6 Å². The SMILES string of the molecule is Cl.NC(CNC(=O)C1(c2cccc(Cl)c2)CC1)c1ccccc1. The van der Waals surface area contributed by atoms with Crippen LogP contribution in [0.5, 0.6) is 0 Å². The summed E-state index contributed by atoms with van der Waals surface area (Å²) in [4.78, 5) is 12.6. The number of hydrogen-bond donors (Lipinski definition) is 2. The van der Waals surface area contributed by atoms with Gasteiger partial charge in [0.1, 0.15) is 0 Å². The zero-order valence-corrected chi connectivity index (χ0v) is 14.2. The summed E-state index contributed by atoms with van der Waals surface area (Å²) < 4.78 is 0. The third-order valence-electron chi connectivity index (χ3n) is 4.27. The van der Waals surface area contributed by atoms with Crippen LogP contribution >= 0.6 is 24.0 Å². The van der Waals surface area contributed by atoms with Crippen LogP contribution in [-0.2, 0) is 10.2 Å². The number of carbonyl (C=O) groups is 1. The molecule has 1 fully saturated rings. The van der Waals surface area contributed by atoms with Gasteiger partial charge in [0.25, 0.3) is 0 Å². The lowest BCUT2D eigenvalue weighted by atomic mass is 9.95. The number of amides is 1. The van der Waals surface area contributed by atoms with E-state index in [2.05, 4.69) is 5.32 Å². The number of carbonyl (C=O) groups excluding carboxylic acids is 1. The van der Waals surface area contributed by atoms with Crippen molar-refractivity contribution in [3.8, 4) is 0 Å². The van der Waals surface area contributed by atoms with Crippen molar-refractivity contribution in [3.05, 3.63) is 70.7 Å². The van der Waals surface area contributed by atoms with Crippen molar-refractivity contribution in [3.63, 3.8) is 0 Å². The predicted octanol–water partition coefficient (Wildman–Crippen LogP) is 3.61. The highest BCUT2D eigenvalue weighted by atomic mass is 35.5. The summed E-state index contributed by atoms with van der Waals surface area (Å²) in [6.07, 6.45) is 1.72. The molecule has 0 spiro atoms. The van der Waals surface area contributed by atoms with Crippen LogP contribution in [0.3, 0.4) is 0 Å². The van der Waals surface area contributed by atoms with Gasteiger partial charge in [0.2, 0.25) is 5.91 Å². The van der Waals surface area contributed by atoms with Crippen molar-refractivity contribution in [2.24, 2.45) is 5.73 Å². The average molecular weight is 351 g/mol. The van der Waals surface area contributed by atoms with E-state index in [4.69, 9.17) is 17.3 Å². The van der Waals surface area contributed by atoms with Gasteiger partial charge < -0.3 is 11.1 Å². The van der Waals surface area contributed by atoms with Crippen LogP contribution < -0.4 is 11.1 Å². The zero-order chi connectivity index (χ0) is 15.6. The standard InChI is InChI=1S/C18H19ClN2O.ClH/c19-15-8-4-7-14(11-15)18(9-10-18)17(22)21-12-16(20)13-5-2-1-3-6-13;/h1-8,11,16H,9-10,12,20H2,(H,21,22);1H. The summed E-state index contributed by atoms with van der Waals surface area (Å²) >= 11 is 6.04. The third kappa shape index (κ3) is 3.86. The summed E-state index contributed by atoms with van der Waals surface area (Å²) in [6.45, 7) is 0.436. The molecule has 0 radical (unpaired) electrons. The summed E-state index contributed by atoms with van der Waals surface area (Å²) in [5.74, 6) is 0.0427. The van der Waals surface area contributed by atoms with Gasteiger partial charge in [-0.1, -0.05) is 54.1 Å². The van der Waals surface area contributed by atoms with Crippen molar-refractivity contribution in [2.45, 2.75) is 24.3 Å². The molecule has 0 heterocycles. The summed E-state index contributed by atoms with van der Waals surface area (Å²) in [5.41, 5.74) is 7.73. The van der Waals surface area contributed by atoms with E-state index in [-0.39, 0.29) is 24.4 Å². The van der Waals surface area contributed by atoms with E-state index >= 15 is 0 Å². The molecule has 0 aliphatic heterocycles. The zero-order valence-electron chi connectivity index (χ0n) is 12.7. The van der Waals surface area contributed by atoms with Crippen LogP contribution in [0.15, 0.2) is 54.6 Å². The highest BCUT2D eigenvalue weighted by molar-refractivity contribution is 6.30. The highest BCUT2D eigenvalue weighted by Gasteiger charge is 2.51. The molecule has 3 rings (SSSR count). The maximum atomic E-state index is 12.6. The van der Waals surface area contributed by atoms with Crippen LogP contribution in [0.25, 0.3) is 0 Å². The predicted molar refractivity (Wildman–Crippen MR) is 96.0 cm³/mol. The minimum absolute atomic E-state index is 0. The molecule has 1 saturated carbocycles. The number of halogens is 2. The van der Waals surface area contributed by atoms with Crippen molar-refractivity contribution in [1.29, 1.82) is 0 Å². The Hall–Kier alpha value is -1.55. The molecular weight excluding hydrogens is 331 g/mol. The third-order valence-corrected chi connectivity index (χ3v) is 4.51. The largest absolute Gasteiger partial charge is 0.353 e. The molecule has 3 N–H and O–H groups in total. The minimum Gasteiger partial charge on any atom is -0.353 e. The molecule has 1 aliphatic rings. The van der Waals surface area contributed by atoms with Gasteiger partial charge in [-0.05, 0) is 36.1 Å². The van der Waals surface area contributed by atoms with Crippen LogP contribution in [0.2, 0.25) is 5.02 Å². The van der Waals surface area contributed by atoms with Gasteiger partial charge in [-0.2, -0.15) is 0 Å². The van der Waals surface area contributed by atoms with Gasteiger partial charge in [0.05, 0.1) is 5.41 Å². The van der Waals surface area contributed by atoms with E-state index in [0.717, 1.165) is 24.0 Å². The fourth-order valence-electron chi connectivity index (χ4n) is 2.75. The fraction of sp³-hybridized carbons (Fsp3) is 0.278. The first-order valence-corrected chi connectivity index (χ1v) is 7.84. The molecule has 1 unspecified atom stereocenters. The molecule has 0 bridgehead atoms. The summed E-state index contributed by atoms with van der Waals surface area (Å²) in [5, 5.41) is 3.66. The maximum Gasteiger partial charge on any atom is 0.230 e. The normalized spacial score (nSPS) is 16.1. The Labute approximate surface area is 147 Å². The quantitative estimate of drug-likeness (QED) is 0.865. The van der Waals surface area contributed by atoms with Gasteiger partial charge in [0, 0.05) is 17.6 Å².